The SMILES string of the molecule is Cc1cn(C)c([C@H]2CN(C(=O)CN(C)Cc3cccnc3)CCO2)n1. The summed E-state index contributed by atoms with van der Waals surface area (Å²) in [5, 5.41) is 0. The molecule has 1 amide bonds. The van der Waals surface area contributed by atoms with E-state index in [-0.39, 0.29) is 12.0 Å². The maximum Gasteiger partial charge on any atom is 0.236 e. The van der Waals surface area contributed by atoms with Gasteiger partial charge in [0, 0.05) is 38.7 Å². The fraction of sp³-hybridized carbons (Fsp3) is 0.500. The van der Waals surface area contributed by atoms with Gasteiger partial charge in [-0.25, -0.2) is 4.98 Å². The lowest BCUT2D eigenvalue weighted by atomic mass is 10.2. The normalized spacial score (nSPS) is 17.9. The average molecular weight is 343 g/mol. The predicted molar refractivity (Wildman–Crippen MR) is 93.8 cm³/mol. The van der Waals surface area contributed by atoms with Crippen LogP contribution < -0.4 is 0 Å². The quantitative estimate of drug-likeness (QED) is 0.815. The van der Waals surface area contributed by atoms with Crippen molar-refractivity contribution in [2.75, 3.05) is 33.3 Å². The Bertz CT molecular complexity index is 716. The molecule has 1 fully saturated rings. The van der Waals surface area contributed by atoms with Crippen LogP contribution in [0.3, 0.4) is 0 Å². The number of hydrogen-bond donors (Lipinski definition) is 0. The van der Waals surface area contributed by atoms with Crippen LogP contribution in [0.2, 0.25) is 0 Å². The van der Waals surface area contributed by atoms with Crippen LogP contribution >= 0.6 is 0 Å². The molecular formula is C18H25N5O2. The van der Waals surface area contributed by atoms with Crippen LogP contribution in [0.15, 0.2) is 30.7 Å². The number of rotatable bonds is 5. The van der Waals surface area contributed by atoms with Crippen molar-refractivity contribution in [3.8, 4) is 0 Å². The van der Waals surface area contributed by atoms with E-state index in [4.69, 9.17) is 4.74 Å². The molecule has 25 heavy (non-hydrogen) atoms. The third-order valence-corrected chi connectivity index (χ3v) is 4.32. The number of likely N-dealkylation sites (N-methyl/N-ethyl adjacent to an activating group) is 1. The molecule has 0 radical (unpaired) electrons. The van der Waals surface area contributed by atoms with Crippen molar-refractivity contribution in [3.63, 3.8) is 0 Å². The third kappa shape index (κ3) is 4.43. The lowest BCUT2D eigenvalue weighted by Crippen LogP contribution is -2.46. The molecule has 1 aliphatic heterocycles. The molecule has 0 saturated carbocycles. The summed E-state index contributed by atoms with van der Waals surface area (Å²) < 4.78 is 7.81. The highest BCUT2D eigenvalue weighted by Gasteiger charge is 2.28. The van der Waals surface area contributed by atoms with Crippen LogP contribution in [0.5, 0.6) is 0 Å². The molecule has 2 aromatic heterocycles. The van der Waals surface area contributed by atoms with Gasteiger partial charge in [-0.05, 0) is 25.6 Å². The number of morpholine rings is 1. The van der Waals surface area contributed by atoms with Crippen LogP contribution in [0, 0.1) is 6.92 Å². The summed E-state index contributed by atoms with van der Waals surface area (Å²) in [7, 11) is 3.91. The highest BCUT2D eigenvalue weighted by Crippen LogP contribution is 2.21. The largest absolute Gasteiger partial charge is 0.367 e. The molecule has 3 heterocycles. The molecule has 134 valence electrons. The Morgan fingerprint density at radius 1 is 1.48 bits per heavy atom. The molecular weight excluding hydrogens is 318 g/mol. The summed E-state index contributed by atoms with van der Waals surface area (Å²) in [6.45, 7) is 4.74. The minimum Gasteiger partial charge on any atom is -0.367 e. The molecule has 0 N–H and O–H groups in total. The molecule has 7 nitrogen and oxygen atoms in total. The van der Waals surface area contributed by atoms with Gasteiger partial charge in [0.15, 0.2) is 0 Å². The Balaban J connectivity index is 1.57. The number of carbonyl (C=O) groups excluding carboxylic acids is 1. The lowest BCUT2D eigenvalue weighted by Gasteiger charge is -2.33. The first-order valence-corrected chi connectivity index (χ1v) is 8.49. The zero-order valence-corrected chi connectivity index (χ0v) is 15.1. The van der Waals surface area contributed by atoms with Crippen LogP contribution in [0.25, 0.3) is 0 Å². The second-order valence-electron chi connectivity index (χ2n) is 6.58. The van der Waals surface area contributed by atoms with E-state index in [0.29, 0.717) is 32.8 Å². The van der Waals surface area contributed by atoms with Crippen molar-refractivity contribution in [2.24, 2.45) is 7.05 Å². The number of nitrogens with zero attached hydrogens (tertiary/aromatic N) is 5. The van der Waals surface area contributed by atoms with E-state index in [0.717, 1.165) is 17.1 Å². The maximum atomic E-state index is 12.7. The van der Waals surface area contributed by atoms with Gasteiger partial charge in [-0.1, -0.05) is 6.07 Å². The van der Waals surface area contributed by atoms with Crippen LogP contribution in [0.1, 0.15) is 23.2 Å². The summed E-state index contributed by atoms with van der Waals surface area (Å²) in [5.41, 5.74) is 2.06. The van der Waals surface area contributed by atoms with Crippen molar-refractivity contribution in [1.82, 2.24) is 24.3 Å². The number of aromatic nitrogens is 3. The van der Waals surface area contributed by atoms with E-state index in [2.05, 4.69) is 9.97 Å². The molecule has 3 rings (SSSR count). The van der Waals surface area contributed by atoms with Crippen LogP contribution in [0.4, 0.5) is 0 Å². The Morgan fingerprint density at radius 2 is 2.32 bits per heavy atom. The van der Waals surface area contributed by atoms with Gasteiger partial charge >= 0.3 is 0 Å². The Morgan fingerprint density at radius 3 is 3.00 bits per heavy atom. The fourth-order valence-electron chi connectivity index (χ4n) is 3.16. The first-order valence-electron chi connectivity index (χ1n) is 8.49. The molecule has 0 unspecified atom stereocenters. The average Bonchev–Trinajstić information content (AvgIpc) is 2.94. The number of aryl methyl sites for hydroxylation is 2. The van der Waals surface area contributed by atoms with Crippen molar-refractivity contribution in [3.05, 3.63) is 47.8 Å². The number of amides is 1. The standard InChI is InChI=1S/C18H25N5O2/c1-14-10-22(3)18(20-14)16-12-23(7-8-25-16)17(24)13-21(2)11-15-5-4-6-19-9-15/h4-6,9-10,16H,7-8,11-13H2,1-3H3/t16-/m1/s1. The van der Waals surface area contributed by atoms with Gasteiger partial charge < -0.3 is 14.2 Å². The molecule has 0 aromatic carbocycles. The van der Waals surface area contributed by atoms with Crippen molar-refractivity contribution >= 4 is 5.91 Å². The molecule has 0 bridgehead atoms. The van der Waals surface area contributed by atoms with Crippen molar-refractivity contribution < 1.29 is 9.53 Å². The van der Waals surface area contributed by atoms with Gasteiger partial charge in [0.1, 0.15) is 11.9 Å². The highest BCUT2D eigenvalue weighted by atomic mass is 16.5. The van der Waals surface area contributed by atoms with E-state index in [1.807, 2.05) is 59.9 Å². The Kier molecular flexibility index (Phi) is 5.45. The Hall–Kier alpha value is -2.25. The van der Waals surface area contributed by atoms with E-state index >= 15 is 0 Å². The van der Waals surface area contributed by atoms with E-state index < -0.39 is 0 Å². The zero-order chi connectivity index (χ0) is 17.8. The number of ether oxygens (including phenoxy) is 1. The van der Waals surface area contributed by atoms with Gasteiger partial charge in [-0.2, -0.15) is 0 Å². The molecule has 1 aliphatic rings. The third-order valence-electron chi connectivity index (χ3n) is 4.32. The van der Waals surface area contributed by atoms with E-state index in [1.165, 1.54) is 0 Å². The predicted octanol–water partition coefficient (Wildman–Crippen LogP) is 1.16. The van der Waals surface area contributed by atoms with Crippen LogP contribution in [-0.2, 0) is 23.1 Å². The first kappa shape index (κ1) is 17.6. The summed E-state index contributed by atoms with van der Waals surface area (Å²) in [5.74, 6) is 0.990. The highest BCUT2D eigenvalue weighted by molar-refractivity contribution is 5.78. The van der Waals surface area contributed by atoms with Gasteiger partial charge in [0.05, 0.1) is 25.4 Å². The zero-order valence-electron chi connectivity index (χ0n) is 15.1. The Labute approximate surface area is 148 Å². The molecule has 0 aliphatic carbocycles. The van der Waals surface area contributed by atoms with Crippen molar-refractivity contribution in [2.45, 2.75) is 19.6 Å². The number of pyridine rings is 1. The van der Waals surface area contributed by atoms with Gasteiger partial charge in [0.25, 0.3) is 0 Å². The molecule has 1 atom stereocenters. The minimum atomic E-state index is -0.167. The summed E-state index contributed by atoms with van der Waals surface area (Å²) in [6, 6.07) is 3.93. The van der Waals surface area contributed by atoms with Gasteiger partial charge in [0.2, 0.25) is 5.91 Å². The minimum absolute atomic E-state index is 0.116. The second-order valence-corrected chi connectivity index (χ2v) is 6.58. The molecule has 7 heteroatoms. The number of carbonyl (C=O) groups is 1. The van der Waals surface area contributed by atoms with Crippen molar-refractivity contribution in [1.29, 1.82) is 0 Å². The number of imidazole rings is 1. The van der Waals surface area contributed by atoms with E-state index in [1.54, 1.807) is 6.20 Å². The lowest BCUT2D eigenvalue weighted by molar-refractivity contribution is -0.140. The summed E-state index contributed by atoms with van der Waals surface area (Å²) in [6.07, 6.45) is 5.39. The molecule has 2 aromatic rings. The molecule has 0 spiro atoms. The van der Waals surface area contributed by atoms with Gasteiger partial charge in [-0.15, -0.1) is 0 Å². The molecule has 1 saturated heterocycles. The monoisotopic (exact) mass is 343 g/mol. The topological polar surface area (TPSA) is 63.5 Å². The van der Waals surface area contributed by atoms with E-state index in [9.17, 15) is 4.79 Å². The first-order chi connectivity index (χ1) is 12.0. The summed E-state index contributed by atoms with van der Waals surface area (Å²) >= 11 is 0. The number of hydrogen-bond acceptors (Lipinski definition) is 5. The fourth-order valence-corrected chi connectivity index (χ4v) is 3.16. The van der Waals surface area contributed by atoms with Gasteiger partial charge in [-0.3, -0.25) is 14.7 Å². The summed E-state index contributed by atoms with van der Waals surface area (Å²) in [4.78, 5) is 25.2. The van der Waals surface area contributed by atoms with Crippen LogP contribution in [-0.4, -0.2) is 63.5 Å². The smallest absolute Gasteiger partial charge is 0.236 e. The maximum absolute atomic E-state index is 12.7. The second kappa shape index (κ2) is 7.76.